The van der Waals surface area contributed by atoms with Crippen molar-refractivity contribution in [2.75, 3.05) is 6.54 Å². The van der Waals surface area contributed by atoms with Gasteiger partial charge in [-0.05, 0) is 6.08 Å². The first-order valence-corrected chi connectivity index (χ1v) is 3.43. The van der Waals surface area contributed by atoms with Gasteiger partial charge in [-0.15, -0.1) is 0 Å². The molecule has 0 spiro atoms. The number of rotatable bonds is 0. The second-order valence-corrected chi connectivity index (χ2v) is 3.02. The minimum Gasteiger partial charge on any atom is -0.286 e. The first kappa shape index (κ1) is 7.26. The first-order valence-electron chi connectivity index (χ1n) is 2.34. The molecule has 0 aromatic heterocycles. The lowest BCUT2D eigenvalue weighted by molar-refractivity contribution is 0.661. The fraction of sp³-hybridized carbons (Fsp3) is 0.200. The van der Waals surface area contributed by atoms with Crippen LogP contribution in [0.15, 0.2) is 22.3 Å². The standard InChI is InChI=1S/C5H4Cl3N/c6-4-1-5(7)3-9(8)2-4/h1-2H,3H2. The summed E-state index contributed by atoms with van der Waals surface area (Å²) in [5.74, 6) is 0. The second-order valence-electron chi connectivity index (χ2n) is 1.66. The molecule has 0 atom stereocenters. The smallest absolute Gasteiger partial charge is 0.0700 e. The lowest BCUT2D eigenvalue weighted by Crippen LogP contribution is -2.09. The molecule has 0 N–H and O–H groups in total. The Bertz CT molecular complexity index is 173. The van der Waals surface area contributed by atoms with Gasteiger partial charge < -0.3 is 0 Å². The fourth-order valence-corrected chi connectivity index (χ4v) is 1.45. The van der Waals surface area contributed by atoms with Crippen molar-refractivity contribution in [2.24, 2.45) is 0 Å². The minimum absolute atomic E-state index is 0.527. The van der Waals surface area contributed by atoms with Gasteiger partial charge in [-0.1, -0.05) is 23.2 Å². The molecule has 0 aromatic rings. The molecule has 50 valence electrons. The van der Waals surface area contributed by atoms with E-state index in [-0.39, 0.29) is 0 Å². The zero-order valence-electron chi connectivity index (χ0n) is 4.44. The monoisotopic (exact) mass is 183 g/mol. The summed E-state index contributed by atoms with van der Waals surface area (Å²) in [6.07, 6.45) is 3.27. The summed E-state index contributed by atoms with van der Waals surface area (Å²) in [7, 11) is 0. The van der Waals surface area contributed by atoms with E-state index in [0.29, 0.717) is 16.6 Å². The van der Waals surface area contributed by atoms with Gasteiger partial charge >= 0.3 is 0 Å². The van der Waals surface area contributed by atoms with Crippen molar-refractivity contribution in [1.82, 2.24) is 4.42 Å². The summed E-state index contributed by atoms with van der Waals surface area (Å²) in [6, 6.07) is 0. The molecule has 9 heavy (non-hydrogen) atoms. The van der Waals surface area contributed by atoms with Crippen molar-refractivity contribution in [2.45, 2.75) is 0 Å². The Kier molecular flexibility index (Phi) is 2.28. The molecule has 1 aliphatic heterocycles. The third-order valence-electron chi connectivity index (χ3n) is 0.860. The van der Waals surface area contributed by atoms with E-state index in [9.17, 15) is 0 Å². The van der Waals surface area contributed by atoms with Gasteiger partial charge in [-0.2, -0.15) is 0 Å². The van der Waals surface area contributed by atoms with Crippen LogP contribution in [-0.4, -0.2) is 11.0 Å². The number of halogens is 3. The maximum Gasteiger partial charge on any atom is 0.0700 e. The average Bonchev–Trinajstić information content (AvgIpc) is 1.59. The van der Waals surface area contributed by atoms with E-state index in [0.717, 1.165) is 0 Å². The Labute approximate surface area is 68.6 Å². The van der Waals surface area contributed by atoms with E-state index < -0.39 is 0 Å². The van der Waals surface area contributed by atoms with Crippen LogP contribution in [0, 0.1) is 0 Å². The Hall–Kier alpha value is 0.150. The lowest BCUT2D eigenvalue weighted by Gasteiger charge is -2.13. The van der Waals surface area contributed by atoms with Gasteiger partial charge in [0.1, 0.15) is 0 Å². The van der Waals surface area contributed by atoms with Crippen LogP contribution in [0.1, 0.15) is 0 Å². The highest BCUT2D eigenvalue weighted by molar-refractivity contribution is 6.35. The molecule has 0 saturated carbocycles. The van der Waals surface area contributed by atoms with Crippen molar-refractivity contribution in [3.8, 4) is 0 Å². The van der Waals surface area contributed by atoms with Crippen molar-refractivity contribution in [1.29, 1.82) is 0 Å². The fourth-order valence-electron chi connectivity index (χ4n) is 0.556. The molecular formula is C5H4Cl3N. The van der Waals surface area contributed by atoms with Crippen molar-refractivity contribution >= 4 is 35.0 Å². The van der Waals surface area contributed by atoms with E-state index in [1.807, 2.05) is 0 Å². The summed E-state index contributed by atoms with van der Waals surface area (Å²) >= 11 is 16.8. The van der Waals surface area contributed by atoms with Crippen LogP contribution in [-0.2, 0) is 0 Å². The normalized spacial score (nSPS) is 19.2. The zero-order chi connectivity index (χ0) is 6.85. The molecule has 1 aliphatic rings. The molecule has 0 unspecified atom stereocenters. The number of hydrogen-bond donors (Lipinski definition) is 0. The largest absolute Gasteiger partial charge is 0.286 e. The SMILES string of the molecule is ClC1=CN(Cl)CC(Cl)=C1. The van der Waals surface area contributed by atoms with Gasteiger partial charge in [-0.25, -0.2) is 0 Å². The van der Waals surface area contributed by atoms with Gasteiger partial charge in [0.2, 0.25) is 0 Å². The third kappa shape index (κ3) is 2.09. The van der Waals surface area contributed by atoms with Crippen LogP contribution >= 0.6 is 35.0 Å². The molecule has 1 nitrogen and oxygen atoms in total. The second kappa shape index (κ2) is 2.82. The maximum absolute atomic E-state index is 5.62. The quantitative estimate of drug-likeness (QED) is 0.523. The van der Waals surface area contributed by atoms with Gasteiger partial charge in [0.15, 0.2) is 0 Å². The molecular weight excluding hydrogens is 180 g/mol. The summed E-state index contributed by atoms with van der Waals surface area (Å²) < 4.78 is 1.41. The van der Waals surface area contributed by atoms with Crippen molar-refractivity contribution < 1.29 is 0 Å². The first-order chi connectivity index (χ1) is 4.18. The predicted molar refractivity (Wildman–Crippen MR) is 40.4 cm³/mol. The highest BCUT2D eigenvalue weighted by Crippen LogP contribution is 2.19. The van der Waals surface area contributed by atoms with E-state index >= 15 is 0 Å². The van der Waals surface area contributed by atoms with Crippen molar-refractivity contribution in [3.63, 3.8) is 0 Å². The van der Waals surface area contributed by atoms with Gasteiger partial charge in [0.25, 0.3) is 0 Å². The highest BCUT2D eigenvalue weighted by atomic mass is 35.5. The Morgan fingerprint density at radius 2 is 2.11 bits per heavy atom. The summed E-state index contributed by atoms with van der Waals surface area (Å²) in [5.41, 5.74) is 0. The summed E-state index contributed by atoms with van der Waals surface area (Å²) in [6.45, 7) is 0.527. The van der Waals surface area contributed by atoms with Crippen LogP contribution in [0.25, 0.3) is 0 Å². The Morgan fingerprint density at radius 3 is 2.56 bits per heavy atom. The number of nitrogens with zero attached hydrogens (tertiary/aromatic N) is 1. The zero-order valence-corrected chi connectivity index (χ0v) is 6.71. The van der Waals surface area contributed by atoms with Crippen LogP contribution in [0.5, 0.6) is 0 Å². The number of allylic oxidation sites excluding steroid dienone is 2. The molecule has 0 bridgehead atoms. The summed E-state index contributed by atoms with van der Waals surface area (Å²) in [5, 5.41) is 1.21. The molecule has 0 aromatic carbocycles. The van der Waals surface area contributed by atoms with E-state index in [2.05, 4.69) is 0 Å². The Morgan fingerprint density at radius 1 is 1.44 bits per heavy atom. The van der Waals surface area contributed by atoms with Crippen molar-refractivity contribution in [3.05, 3.63) is 22.3 Å². The van der Waals surface area contributed by atoms with Crippen LogP contribution < -0.4 is 0 Å². The molecule has 0 radical (unpaired) electrons. The minimum atomic E-state index is 0.527. The van der Waals surface area contributed by atoms with E-state index in [1.54, 1.807) is 12.3 Å². The topological polar surface area (TPSA) is 3.24 Å². The molecule has 4 heteroatoms. The predicted octanol–water partition coefficient (Wildman–Crippen LogP) is 2.66. The van der Waals surface area contributed by atoms with E-state index in [4.69, 9.17) is 35.0 Å². The molecule has 0 fully saturated rings. The molecule has 0 saturated heterocycles. The van der Waals surface area contributed by atoms with Crippen LogP contribution in [0.4, 0.5) is 0 Å². The van der Waals surface area contributed by atoms with Gasteiger partial charge in [-0.3, -0.25) is 4.42 Å². The molecule has 1 rings (SSSR count). The molecule has 0 amide bonds. The molecule has 0 aliphatic carbocycles. The Balaban J connectivity index is 2.74. The number of hydrogen-bond acceptors (Lipinski definition) is 1. The third-order valence-corrected chi connectivity index (χ3v) is 1.51. The van der Waals surface area contributed by atoms with E-state index in [1.165, 1.54) is 4.42 Å². The maximum atomic E-state index is 5.62. The van der Waals surface area contributed by atoms with Crippen LogP contribution in [0.3, 0.4) is 0 Å². The van der Waals surface area contributed by atoms with Gasteiger partial charge in [0, 0.05) is 23.0 Å². The van der Waals surface area contributed by atoms with Gasteiger partial charge in [0.05, 0.1) is 11.6 Å². The average molecular weight is 184 g/mol. The summed E-state index contributed by atoms with van der Waals surface area (Å²) in [4.78, 5) is 0. The lowest BCUT2D eigenvalue weighted by atomic mass is 10.4. The highest BCUT2D eigenvalue weighted by Gasteiger charge is 2.05. The van der Waals surface area contributed by atoms with Crippen LogP contribution in [0.2, 0.25) is 0 Å². The molecule has 1 heterocycles.